The van der Waals surface area contributed by atoms with Crippen molar-refractivity contribution in [3.63, 3.8) is 0 Å². The molecule has 2 N–H and O–H groups in total. The van der Waals surface area contributed by atoms with Gasteiger partial charge in [0, 0.05) is 30.4 Å². The van der Waals surface area contributed by atoms with Gasteiger partial charge in [-0.05, 0) is 42.2 Å². The van der Waals surface area contributed by atoms with Gasteiger partial charge in [-0.1, -0.05) is 26.5 Å². The monoisotopic (exact) mass is 511 g/mol. The van der Waals surface area contributed by atoms with Gasteiger partial charge in [0.1, 0.15) is 23.4 Å². The maximum absolute atomic E-state index is 14.1. The number of ketones is 2. The summed E-state index contributed by atoms with van der Waals surface area (Å²) in [6.07, 6.45) is -1.26. The molecule has 4 bridgehead atoms. The van der Waals surface area contributed by atoms with Crippen molar-refractivity contribution >= 4 is 23.2 Å². The molecule has 1 aromatic rings. The number of rotatable bonds is 3. The van der Waals surface area contributed by atoms with Crippen molar-refractivity contribution in [2.45, 2.75) is 57.5 Å². The fraction of sp³-hybridized carbons (Fsp3) is 0.593. The Bertz CT molecular complexity index is 1290. The summed E-state index contributed by atoms with van der Waals surface area (Å²) < 4.78 is 11.8. The van der Waals surface area contributed by atoms with Gasteiger partial charge in [-0.15, -0.1) is 0 Å². The number of hydrogen-bond donors (Lipinski definition) is 2. The van der Waals surface area contributed by atoms with E-state index in [1.54, 1.807) is 0 Å². The Balaban J connectivity index is 1.51. The molecule has 4 saturated carbocycles. The number of ether oxygens (including phenoxy) is 2. The van der Waals surface area contributed by atoms with E-state index in [2.05, 4.69) is 6.58 Å². The maximum atomic E-state index is 14.1. The molecule has 196 valence electrons. The van der Waals surface area contributed by atoms with Gasteiger partial charge in [0.2, 0.25) is 5.79 Å². The fourth-order valence-electron chi connectivity index (χ4n) is 8.69. The first-order valence-electron chi connectivity index (χ1n) is 12.6. The zero-order valence-corrected chi connectivity index (χ0v) is 20.6. The van der Waals surface area contributed by atoms with E-state index in [-0.39, 0.29) is 35.6 Å². The first kappa shape index (κ1) is 24.4. The van der Waals surface area contributed by atoms with Gasteiger partial charge in [0.05, 0.1) is 22.5 Å². The van der Waals surface area contributed by atoms with Gasteiger partial charge < -0.3 is 19.7 Å². The largest absolute Gasteiger partial charge is 0.457 e. The SMILES string of the molecule is C=C1C(=O)[C@]23[C@H](OC(=O)c4cccc([N+](=O)[O-])c4)[C@H]1CC[C@H]2[C@@]12CO[C@@]3(O)[C@@H](O)[C@@H]1C(C)(C)CCC2=O. The summed E-state index contributed by atoms with van der Waals surface area (Å²) in [6.45, 7) is 7.73. The highest BCUT2D eigenvalue weighted by atomic mass is 16.7. The molecule has 8 atom stereocenters. The summed E-state index contributed by atoms with van der Waals surface area (Å²) in [5.41, 5.74) is -3.90. The molecular weight excluding hydrogens is 482 g/mol. The van der Waals surface area contributed by atoms with Crippen LogP contribution >= 0.6 is 0 Å². The van der Waals surface area contributed by atoms with Crippen molar-refractivity contribution in [3.05, 3.63) is 52.1 Å². The number of benzene rings is 1. The summed E-state index contributed by atoms with van der Waals surface area (Å²) in [5.74, 6) is -6.02. The smallest absolute Gasteiger partial charge is 0.338 e. The molecule has 7 rings (SSSR count). The standard InChI is InChI=1S/C27H29NO9/c1-13-16-7-8-17-25-12-36-27(33,21(31)19(25)24(2,3)10-9-18(25)29)26(17,20(13)30)22(16)37-23(32)14-5-4-6-15(11-14)28(34)35/h4-6,11,16-17,19,21-22,31,33H,1,7-10,12H2,2-3H3/t16-,17-,19+,21-,22+,25+,26-,27-/m0/s1. The number of aliphatic hydroxyl groups is 2. The lowest BCUT2D eigenvalue weighted by Gasteiger charge is -2.72. The van der Waals surface area contributed by atoms with E-state index in [0.717, 1.165) is 6.07 Å². The second-order valence-corrected chi connectivity index (χ2v) is 12.0. The molecule has 10 heteroatoms. The van der Waals surface area contributed by atoms with Crippen LogP contribution < -0.4 is 0 Å². The van der Waals surface area contributed by atoms with Crippen LogP contribution in [0.5, 0.6) is 0 Å². The van der Waals surface area contributed by atoms with Crippen LogP contribution in [-0.4, -0.2) is 57.3 Å². The zero-order valence-electron chi connectivity index (χ0n) is 20.6. The molecule has 6 fully saturated rings. The third-order valence-corrected chi connectivity index (χ3v) is 10.1. The minimum Gasteiger partial charge on any atom is -0.457 e. The van der Waals surface area contributed by atoms with E-state index in [1.807, 2.05) is 13.8 Å². The number of nitro benzene ring substituents is 1. The molecular formula is C27H29NO9. The third-order valence-electron chi connectivity index (χ3n) is 10.1. The number of aliphatic hydroxyl groups excluding tert-OH is 1. The van der Waals surface area contributed by atoms with Crippen molar-refractivity contribution in [2.75, 3.05) is 6.61 Å². The quantitative estimate of drug-likeness (QED) is 0.269. The van der Waals surface area contributed by atoms with Crippen LogP contribution in [0.1, 0.15) is 49.9 Å². The van der Waals surface area contributed by atoms with Crippen LogP contribution in [0.2, 0.25) is 0 Å². The average Bonchev–Trinajstić information content (AvgIpc) is 2.97. The van der Waals surface area contributed by atoms with Crippen LogP contribution in [-0.2, 0) is 19.1 Å². The lowest BCUT2D eigenvalue weighted by atomic mass is 9.36. The van der Waals surface area contributed by atoms with Crippen LogP contribution in [0.25, 0.3) is 0 Å². The third kappa shape index (κ3) is 2.63. The van der Waals surface area contributed by atoms with Crippen LogP contribution in [0, 0.1) is 44.1 Å². The van der Waals surface area contributed by atoms with Gasteiger partial charge in [0.15, 0.2) is 5.78 Å². The molecule has 1 aromatic carbocycles. The van der Waals surface area contributed by atoms with Gasteiger partial charge in [-0.2, -0.15) is 0 Å². The van der Waals surface area contributed by atoms with E-state index in [9.17, 15) is 34.7 Å². The second-order valence-electron chi connectivity index (χ2n) is 12.0. The molecule has 37 heavy (non-hydrogen) atoms. The number of nitrogens with zero attached hydrogens (tertiary/aromatic N) is 1. The first-order chi connectivity index (χ1) is 17.3. The van der Waals surface area contributed by atoms with Crippen molar-refractivity contribution in [3.8, 4) is 0 Å². The van der Waals surface area contributed by atoms with Crippen molar-refractivity contribution in [1.82, 2.24) is 0 Å². The summed E-state index contributed by atoms with van der Waals surface area (Å²) in [5, 5.41) is 35.1. The predicted octanol–water partition coefficient (Wildman–Crippen LogP) is 2.36. The predicted molar refractivity (Wildman–Crippen MR) is 126 cm³/mol. The normalized spacial score (nSPS) is 43.2. The van der Waals surface area contributed by atoms with Gasteiger partial charge in [-0.3, -0.25) is 19.7 Å². The number of fused-ring (bicyclic) bond motifs is 2. The molecule has 0 radical (unpaired) electrons. The Morgan fingerprint density at radius 1 is 1.27 bits per heavy atom. The van der Waals surface area contributed by atoms with Gasteiger partial charge in [-0.25, -0.2) is 4.79 Å². The fourth-order valence-corrected chi connectivity index (χ4v) is 8.69. The molecule has 2 saturated heterocycles. The molecule has 0 aromatic heterocycles. The molecule has 2 heterocycles. The summed E-state index contributed by atoms with van der Waals surface area (Å²) in [7, 11) is 0. The Hall–Kier alpha value is -2.95. The lowest BCUT2D eigenvalue weighted by molar-refractivity contribution is -0.436. The van der Waals surface area contributed by atoms with E-state index in [1.165, 1.54) is 18.2 Å². The Kier molecular flexibility index (Phi) is 4.83. The number of nitro groups is 1. The van der Waals surface area contributed by atoms with E-state index >= 15 is 0 Å². The lowest BCUT2D eigenvalue weighted by Crippen LogP contribution is -2.85. The highest BCUT2D eigenvalue weighted by Crippen LogP contribution is 2.76. The molecule has 0 unspecified atom stereocenters. The first-order valence-corrected chi connectivity index (χ1v) is 12.6. The van der Waals surface area contributed by atoms with E-state index in [0.29, 0.717) is 19.3 Å². The number of hydrogen-bond acceptors (Lipinski definition) is 9. The highest BCUT2D eigenvalue weighted by molar-refractivity contribution is 6.06. The summed E-state index contributed by atoms with van der Waals surface area (Å²) >= 11 is 0. The summed E-state index contributed by atoms with van der Waals surface area (Å²) in [4.78, 5) is 51.7. The minimum absolute atomic E-state index is 0.0921. The average molecular weight is 512 g/mol. The molecule has 4 aliphatic carbocycles. The van der Waals surface area contributed by atoms with Crippen LogP contribution in [0.4, 0.5) is 5.69 Å². The van der Waals surface area contributed by atoms with Gasteiger partial charge in [0.25, 0.3) is 5.69 Å². The number of carbonyl (C=O) groups excluding carboxylic acids is 3. The molecule has 2 spiro atoms. The topological polar surface area (TPSA) is 153 Å². The van der Waals surface area contributed by atoms with E-state index < -0.39 is 68.7 Å². The molecule has 10 nitrogen and oxygen atoms in total. The molecule has 2 aliphatic heterocycles. The Labute approximate surface area is 212 Å². The van der Waals surface area contributed by atoms with E-state index in [4.69, 9.17) is 9.47 Å². The van der Waals surface area contributed by atoms with Crippen molar-refractivity contribution < 1.29 is 39.0 Å². The Morgan fingerprint density at radius 3 is 2.70 bits per heavy atom. The Morgan fingerprint density at radius 2 is 2.00 bits per heavy atom. The molecule has 0 amide bonds. The maximum Gasteiger partial charge on any atom is 0.338 e. The second kappa shape index (κ2) is 7.33. The highest BCUT2D eigenvalue weighted by Gasteiger charge is 2.88. The van der Waals surface area contributed by atoms with Crippen molar-refractivity contribution in [1.29, 1.82) is 0 Å². The number of esters is 1. The number of non-ortho nitro benzene ring substituents is 1. The van der Waals surface area contributed by atoms with Gasteiger partial charge >= 0.3 is 5.97 Å². The van der Waals surface area contributed by atoms with Crippen LogP contribution in [0.3, 0.4) is 0 Å². The number of Topliss-reactive ketones (excluding diaryl/α,β-unsaturated/α-hetero) is 2. The van der Waals surface area contributed by atoms with Crippen LogP contribution in [0.15, 0.2) is 36.4 Å². The molecule has 6 aliphatic rings. The van der Waals surface area contributed by atoms with Crippen molar-refractivity contribution in [2.24, 2.45) is 34.0 Å². The number of carbonyl (C=O) groups is 3. The minimum atomic E-state index is -2.40. The zero-order chi connectivity index (χ0) is 26.7. The summed E-state index contributed by atoms with van der Waals surface area (Å²) in [6, 6.07) is 5.03.